The predicted molar refractivity (Wildman–Crippen MR) is 114 cm³/mol. The van der Waals surface area contributed by atoms with Gasteiger partial charge in [-0.25, -0.2) is 8.42 Å². The summed E-state index contributed by atoms with van der Waals surface area (Å²) in [6, 6.07) is 13.1. The summed E-state index contributed by atoms with van der Waals surface area (Å²) in [7, 11) is -2.22. The number of para-hydroxylation sites is 2. The van der Waals surface area contributed by atoms with Gasteiger partial charge in [-0.3, -0.25) is 9.59 Å². The van der Waals surface area contributed by atoms with Crippen LogP contribution in [-0.2, 0) is 19.6 Å². The van der Waals surface area contributed by atoms with Gasteiger partial charge in [0.2, 0.25) is 21.8 Å². The highest BCUT2D eigenvalue weighted by Gasteiger charge is 2.33. The number of sulfonamides is 1. The van der Waals surface area contributed by atoms with Gasteiger partial charge in [-0.15, -0.1) is 0 Å². The molecule has 1 fully saturated rings. The molecule has 2 amide bonds. The Kier molecular flexibility index (Phi) is 6.73. The van der Waals surface area contributed by atoms with E-state index in [2.05, 4.69) is 10.6 Å². The molecule has 9 heteroatoms. The van der Waals surface area contributed by atoms with Crippen LogP contribution in [0.2, 0.25) is 0 Å². The zero-order chi connectivity index (χ0) is 21.7. The fourth-order valence-electron chi connectivity index (χ4n) is 3.42. The van der Waals surface area contributed by atoms with Crippen LogP contribution in [0.3, 0.4) is 0 Å². The van der Waals surface area contributed by atoms with Gasteiger partial charge < -0.3 is 15.4 Å². The molecule has 1 saturated heterocycles. The van der Waals surface area contributed by atoms with Crippen LogP contribution in [0.4, 0.5) is 11.4 Å². The topological polar surface area (TPSA) is 105 Å². The Morgan fingerprint density at radius 3 is 2.43 bits per heavy atom. The lowest BCUT2D eigenvalue weighted by atomic mass is 9.98. The second-order valence-electron chi connectivity index (χ2n) is 7.10. The van der Waals surface area contributed by atoms with Crippen molar-refractivity contribution in [2.75, 3.05) is 30.8 Å². The Bertz CT molecular complexity index is 1020. The fraction of sp³-hybridized carbons (Fsp3) is 0.333. The number of carbonyl (C=O) groups is 2. The molecule has 2 aromatic rings. The lowest BCUT2D eigenvalue weighted by Crippen LogP contribution is -2.43. The summed E-state index contributed by atoms with van der Waals surface area (Å²) < 4.78 is 32.7. The second-order valence-corrected chi connectivity index (χ2v) is 9.04. The van der Waals surface area contributed by atoms with Gasteiger partial charge in [-0.1, -0.05) is 12.1 Å². The Morgan fingerprint density at radius 2 is 1.77 bits per heavy atom. The Labute approximate surface area is 176 Å². The van der Waals surface area contributed by atoms with E-state index in [0.717, 1.165) is 0 Å². The number of ether oxygens (including phenoxy) is 1. The molecule has 1 aliphatic heterocycles. The van der Waals surface area contributed by atoms with Crippen molar-refractivity contribution in [1.29, 1.82) is 0 Å². The Balaban J connectivity index is 1.71. The fourth-order valence-corrected chi connectivity index (χ4v) is 4.94. The van der Waals surface area contributed by atoms with E-state index in [1.54, 1.807) is 36.4 Å². The number of hydrogen-bond donors (Lipinski definition) is 2. The summed E-state index contributed by atoms with van der Waals surface area (Å²) >= 11 is 0. The molecule has 3 rings (SSSR count). The van der Waals surface area contributed by atoms with Gasteiger partial charge in [-0.05, 0) is 49.2 Å². The van der Waals surface area contributed by atoms with Gasteiger partial charge in [0.1, 0.15) is 5.75 Å². The molecule has 1 aliphatic rings. The van der Waals surface area contributed by atoms with Crippen LogP contribution in [0, 0.1) is 5.92 Å². The minimum absolute atomic E-state index is 0.108. The first-order chi connectivity index (χ1) is 14.3. The summed E-state index contributed by atoms with van der Waals surface area (Å²) in [6.07, 6.45) is 1.20. The zero-order valence-corrected chi connectivity index (χ0v) is 17.7. The van der Waals surface area contributed by atoms with Crippen molar-refractivity contribution in [3.05, 3.63) is 48.5 Å². The molecule has 1 unspecified atom stereocenters. The number of benzene rings is 2. The van der Waals surface area contributed by atoms with Gasteiger partial charge in [0, 0.05) is 25.7 Å². The molecule has 0 bridgehead atoms. The minimum Gasteiger partial charge on any atom is -0.495 e. The first-order valence-corrected chi connectivity index (χ1v) is 11.1. The van der Waals surface area contributed by atoms with Crippen LogP contribution in [0.1, 0.15) is 19.8 Å². The average Bonchev–Trinajstić information content (AvgIpc) is 2.74. The molecule has 1 atom stereocenters. The molecule has 0 aromatic heterocycles. The molecule has 2 N–H and O–H groups in total. The van der Waals surface area contributed by atoms with E-state index in [4.69, 9.17) is 4.74 Å². The highest BCUT2D eigenvalue weighted by atomic mass is 32.2. The average molecular weight is 432 g/mol. The van der Waals surface area contributed by atoms with E-state index >= 15 is 0 Å². The van der Waals surface area contributed by atoms with E-state index in [9.17, 15) is 18.0 Å². The van der Waals surface area contributed by atoms with Gasteiger partial charge in [0.25, 0.3) is 0 Å². The largest absolute Gasteiger partial charge is 0.495 e. The number of nitrogens with one attached hydrogen (secondary N) is 2. The molecular weight excluding hydrogens is 406 g/mol. The maximum atomic E-state index is 13.0. The normalized spacial score (nSPS) is 17.2. The van der Waals surface area contributed by atoms with Crippen LogP contribution in [0.5, 0.6) is 5.75 Å². The van der Waals surface area contributed by atoms with Crippen molar-refractivity contribution >= 4 is 33.2 Å². The predicted octanol–water partition coefficient (Wildman–Crippen LogP) is 2.69. The highest BCUT2D eigenvalue weighted by Crippen LogP contribution is 2.28. The number of amides is 2. The van der Waals surface area contributed by atoms with E-state index in [-0.39, 0.29) is 23.3 Å². The maximum Gasteiger partial charge on any atom is 0.243 e. The van der Waals surface area contributed by atoms with Crippen LogP contribution in [-0.4, -0.2) is 44.7 Å². The number of hydrogen-bond acceptors (Lipinski definition) is 5. The first-order valence-electron chi connectivity index (χ1n) is 9.63. The second kappa shape index (κ2) is 9.27. The van der Waals surface area contributed by atoms with Crippen molar-refractivity contribution in [3.63, 3.8) is 0 Å². The SMILES string of the molecule is COc1ccccc1NC(=O)C1CCCN(S(=O)(=O)c2ccc(NC(C)=O)cc2)C1. The molecule has 0 aliphatic carbocycles. The Hall–Kier alpha value is -2.91. The standard InChI is InChI=1S/C21H25N3O5S/c1-15(25)22-17-9-11-18(12-10-17)30(27,28)24-13-5-6-16(14-24)21(26)23-19-7-3-4-8-20(19)29-2/h3-4,7-12,16H,5-6,13-14H2,1-2H3,(H,22,25)(H,23,26). The third kappa shape index (κ3) is 4.98. The lowest BCUT2D eigenvalue weighted by molar-refractivity contribution is -0.121. The van der Waals surface area contributed by atoms with Crippen LogP contribution in [0.25, 0.3) is 0 Å². The molecule has 8 nitrogen and oxygen atoms in total. The highest BCUT2D eigenvalue weighted by molar-refractivity contribution is 7.89. The van der Waals surface area contributed by atoms with Crippen molar-refractivity contribution in [2.24, 2.45) is 5.92 Å². The van der Waals surface area contributed by atoms with E-state index in [1.807, 2.05) is 0 Å². The quantitative estimate of drug-likeness (QED) is 0.732. The number of anilines is 2. The van der Waals surface area contributed by atoms with Crippen molar-refractivity contribution in [1.82, 2.24) is 4.31 Å². The summed E-state index contributed by atoms with van der Waals surface area (Å²) in [5, 5.41) is 5.45. The minimum atomic E-state index is -3.74. The molecule has 160 valence electrons. The molecule has 1 heterocycles. The number of piperidine rings is 1. The zero-order valence-electron chi connectivity index (χ0n) is 16.9. The molecule has 30 heavy (non-hydrogen) atoms. The number of rotatable bonds is 6. The summed E-state index contributed by atoms with van der Waals surface area (Å²) in [6.45, 7) is 1.85. The van der Waals surface area contributed by atoms with Crippen molar-refractivity contribution < 1.29 is 22.7 Å². The summed E-state index contributed by atoms with van der Waals surface area (Å²) in [5.74, 6) is -0.381. The third-order valence-corrected chi connectivity index (χ3v) is 6.81. The smallest absolute Gasteiger partial charge is 0.243 e. The number of nitrogens with zero attached hydrogens (tertiary/aromatic N) is 1. The number of methoxy groups -OCH3 is 1. The van der Waals surface area contributed by atoms with Gasteiger partial charge in [0.15, 0.2) is 0 Å². The van der Waals surface area contributed by atoms with Crippen molar-refractivity contribution in [2.45, 2.75) is 24.7 Å². The van der Waals surface area contributed by atoms with E-state index in [0.29, 0.717) is 36.5 Å². The van der Waals surface area contributed by atoms with Gasteiger partial charge in [-0.2, -0.15) is 4.31 Å². The van der Waals surface area contributed by atoms with Gasteiger partial charge in [0.05, 0.1) is 23.6 Å². The van der Waals surface area contributed by atoms with Crippen LogP contribution >= 0.6 is 0 Å². The lowest BCUT2D eigenvalue weighted by Gasteiger charge is -2.31. The Morgan fingerprint density at radius 1 is 1.07 bits per heavy atom. The first kappa shape index (κ1) is 21.8. The monoisotopic (exact) mass is 431 g/mol. The maximum absolute atomic E-state index is 13.0. The molecule has 0 saturated carbocycles. The van der Waals surface area contributed by atoms with E-state index in [1.165, 1.54) is 30.5 Å². The molecular formula is C21H25N3O5S. The number of carbonyl (C=O) groups excluding carboxylic acids is 2. The summed E-state index contributed by atoms with van der Waals surface area (Å²) in [4.78, 5) is 24.0. The van der Waals surface area contributed by atoms with Crippen molar-refractivity contribution in [3.8, 4) is 5.75 Å². The summed E-state index contributed by atoms with van der Waals surface area (Å²) in [5.41, 5.74) is 1.08. The third-order valence-electron chi connectivity index (χ3n) is 4.93. The molecule has 0 radical (unpaired) electrons. The molecule has 0 spiro atoms. The molecule has 2 aromatic carbocycles. The van der Waals surface area contributed by atoms with Gasteiger partial charge >= 0.3 is 0 Å². The van der Waals surface area contributed by atoms with E-state index < -0.39 is 15.9 Å². The van der Waals surface area contributed by atoms with Crippen LogP contribution in [0.15, 0.2) is 53.4 Å². The van der Waals surface area contributed by atoms with Crippen LogP contribution < -0.4 is 15.4 Å².